The molecule has 13 heteroatoms. The van der Waals surface area contributed by atoms with Gasteiger partial charge in [0.1, 0.15) is 32.6 Å². The molecule has 0 radical (unpaired) electrons. The van der Waals surface area contributed by atoms with Gasteiger partial charge in [0.2, 0.25) is 10.0 Å². The number of rotatable bonds is 1. The van der Waals surface area contributed by atoms with Crippen LogP contribution in [0, 0.1) is 0 Å². The predicted molar refractivity (Wildman–Crippen MR) is 129 cm³/mol. The van der Waals surface area contributed by atoms with Gasteiger partial charge in [-0.15, -0.1) is 22.7 Å². The van der Waals surface area contributed by atoms with Gasteiger partial charge in [-0.1, -0.05) is 23.2 Å². The summed E-state index contributed by atoms with van der Waals surface area (Å²) in [4.78, 5) is 20.7. The third-order valence-corrected chi connectivity index (χ3v) is 9.57. The molecule has 6 rings (SSSR count). The van der Waals surface area contributed by atoms with Crippen molar-refractivity contribution in [2.45, 2.75) is 25.9 Å². The van der Waals surface area contributed by atoms with E-state index in [2.05, 4.69) is 25.3 Å². The van der Waals surface area contributed by atoms with E-state index < -0.39 is 10.0 Å². The minimum Gasteiger partial charge on any atom is -0.312 e. The summed E-state index contributed by atoms with van der Waals surface area (Å²) in [6.07, 6.45) is 5.89. The van der Waals surface area contributed by atoms with Crippen LogP contribution >= 0.6 is 45.9 Å². The summed E-state index contributed by atoms with van der Waals surface area (Å²) < 4.78 is 24.6. The lowest BCUT2D eigenvalue weighted by Gasteiger charge is -2.24. The first-order chi connectivity index (χ1) is 15.3. The number of nitrogens with zero attached hydrogens (tertiary/aromatic N) is 5. The average Bonchev–Trinajstić information content (AvgIpc) is 3.32. The second-order valence-electron chi connectivity index (χ2n) is 7.47. The number of aromatic nitrogens is 4. The third kappa shape index (κ3) is 4.11. The van der Waals surface area contributed by atoms with Crippen LogP contribution in [0.5, 0.6) is 0 Å². The maximum absolute atomic E-state index is 11.6. The summed E-state index contributed by atoms with van der Waals surface area (Å²) in [5.41, 5.74) is 2.44. The molecule has 32 heavy (non-hydrogen) atoms. The molecule has 168 valence electrons. The SMILES string of the molecule is CS(=O)(=O)N1CCc2c(sc3ncnc(Cl)c23)C1.Clc1ncnc2sc3c(c12)CCNC3. The summed E-state index contributed by atoms with van der Waals surface area (Å²) >= 11 is 15.4. The highest BCUT2D eigenvalue weighted by molar-refractivity contribution is 7.88. The molecule has 2 aliphatic rings. The molecule has 4 aromatic heterocycles. The summed E-state index contributed by atoms with van der Waals surface area (Å²) in [6.45, 7) is 2.85. The van der Waals surface area contributed by atoms with Gasteiger partial charge in [-0.05, 0) is 30.5 Å². The molecule has 0 spiro atoms. The van der Waals surface area contributed by atoms with E-state index in [-0.39, 0.29) is 0 Å². The lowest BCUT2D eigenvalue weighted by molar-refractivity contribution is 0.400. The summed E-state index contributed by atoms with van der Waals surface area (Å²) in [7, 11) is -3.15. The van der Waals surface area contributed by atoms with Gasteiger partial charge in [-0.25, -0.2) is 28.4 Å². The van der Waals surface area contributed by atoms with Crippen molar-refractivity contribution in [2.75, 3.05) is 19.3 Å². The first-order valence-corrected chi connectivity index (χ1v) is 14.0. The molecule has 0 saturated heterocycles. The fourth-order valence-corrected chi connectivity index (χ4v) is 7.80. The fraction of sp³-hybridized carbons (Fsp3) is 0.368. The molecule has 0 amide bonds. The molecular formula is C19H18Cl2N6O2S3. The third-order valence-electron chi connectivity index (χ3n) is 5.49. The Kier molecular flexibility index (Phi) is 6.08. The number of hydrogen-bond acceptors (Lipinski definition) is 9. The molecule has 0 unspecified atom stereocenters. The van der Waals surface area contributed by atoms with Gasteiger partial charge in [-0.2, -0.15) is 4.31 Å². The number of halogens is 2. The Balaban J connectivity index is 0.000000139. The summed E-state index contributed by atoms with van der Waals surface area (Å²) in [6, 6.07) is 0. The van der Waals surface area contributed by atoms with Crippen molar-refractivity contribution in [3.8, 4) is 0 Å². The topological polar surface area (TPSA) is 101 Å². The van der Waals surface area contributed by atoms with E-state index >= 15 is 0 Å². The minimum absolute atomic E-state index is 0.408. The van der Waals surface area contributed by atoms with E-state index in [1.165, 1.54) is 45.0 Å². The van der Waals surface area contributed by atoms with Crippen LogP contribution in [0.3, 0.4) is 0 Å². The first-order valence-electron chi connectivity index (χ1n) is 9.80. The van der Waals surface area contributed by atoms with Crippen molar-refractivity contribution in [2.24, 2.45) is 0 Å². The van der Waals surface area contributed by atoms with E-state index in [0.29, 0.717) is 29.8 Å². The zero-order chi connectivity index (χ0) is 22.5. The molecule has 6 heterocycles. The fourth-order valence-electron chi connectivity index (χ4n) is 3.97. The van der Waals surface area contributed by atoms with E-state index in [1.54, 1.807) is 11.3 Å². The van der Waals surface area contributed by atoms with Crippen LogP contribution in [0.2, 0.25) is 10.3 Å². The standard InChI is InChI=1S/C10H10ClN3O2S2.C9H8ClN3S/c1-18(15,16)14-3-2-6-7(4-14)17-10-8(6)9(11)12-5-13-10;10-8-7-5-1-2-11-3-6(5)14-9(7)13-4-12-8/h5H,2-4H2,1H3;4,11H,1-3H2. The molecule has 0 bridgehead atoms. The van der Waals surface area contributed by atoms with Gasteiger partial charge < -0.3 is 5.32 Å². The molecule has 2 aliphatic heterocycles. The summed E-state index contributed by atoms with van der Waals surface area (Å²) in [5.74, 6) is 0. The van der Waals surface area contributed by atoms with Crippen LogP contribution < -0.4 is 5.32 Å². The summed E-state index contributed by atoms with van der Waals surface area (Å²) in [5, 5.41) is 6.33. The van der Waals surface area contributed by atoms with Crippen molar-refractivity contribution in [1.29, 1.82) is 0 Å². The molecule has 0 atom stereocenters. The van der Waals surface area contributed by atoms with Crippen LogP contribution in [0.25, 0.3) is 20.4 Å². The van der Waals surface area contributed by atoms with Crippen molar-refractivity contribution in [1.82, 2.24) is 29.6 Å². The molecule has 0 fully saturated rings. The minimum atomic E-state index is -3.15. The number of hydrogen-bond donors (Lipinski definition) is 1. The van der Waals surface area contributed by atoms with Gasteiger partial charge >= 0.3 is 0 Å². The largest absolute Gasteiger partial charge is 0.312 e. The van der Waals surface area contributed by atoms with Crippen LogP contribution in [-0.4, -0.2) is 52.0 Å². The van der Waals surface area contributed by atoms with Gasteiger partial charge in [-0.3, -0.25) is 0 Å². The Morgan fingerprint density at radius 3 is 2.16 bits per heavy atom. The second-order valence-corrected chi connectivity index (χ2v) is 12.3. The Morgan fingerprint density at radius 1 is 0.938 bits per heavy atom. The molecular weight excluding hydrogens is 511 g/mol. The van der Waals surface area contributed by atoms with Gasteiger partial charge in [0.05, 0.1) is 17.0 Å². The lowest BCUT2D eigenvalue weighted by Crippen LogP contribution is -2.34. The van der Waals surface area contributed by atoms with Gasteiger partial charge in [0.25, 0.3) is 0 Å². The number of sulfonamides is 1. The van der Waals surface area contributed by atoms with E-state index in [0.717, 1.165) is 50.4 Å². The number of nitrogens with one attached hydrogen (secondary N) is 1. The average molecular weight is 530 g/mol. The first kappa shape index (κ1) is 22.3. The quantitative estimate of drug-likeness (QED) is 0.376. The van der Waals surface area contributed by atoms with Crippen LogP contribution in [-0.2, 0) is 36.0 Å². The zero-order valence-corrected chi connectivity index (χ0v) is 20.9. The van der Waals surface area contributed by atoms with Crippen LogP contribution in [0.4, 0.5) is 0 Å². The van der Waals surface area contributed by atoms with Crippen molar-refractivity contribution >= 4 is 76.3 Å². The van der Waals surface area contributed by atoms with Crippen LogP contribution in [0.1, 0.15) is 20.9 Å². The van der Waals surface area contributed by atoms with Gasteiger partial charge in [0.15, 0.2) is 0 Å². The Labute approximate surface area is 202 Å². The van der Waals surface area contributed by atoms with Crippen molar-refractivity contribution in [3.05, 3.63) is 43.8 Å². The van der Waals surface area contributed by atoms with Crippen molar-refractivity contribution < 1.29 is 8.42 Å². The molecule has 4 aromatic rings. The monoisotopic (exact) mass is 528 g/mol. The second kappa shape index (κ2) is 8.71. The maximum Gasteiger partial charge on any atom is 0.211 e. The molecule has 0 aromatic carbocycles. The smallest absolute Gasteiger partial charge is 0.211 e. The Morgan fingerprint density at radius 2 is 1.53 bits per heavy atom. The predicted octanol–water partition coefficient (Wildman–Crippen LogP) is 3.65. The Hall–Kier alpha value is -1.47. The highest BCUT2D eigenvalue weighted by atomic mass is 35.5. The maximum atomic E-state index is 11.6. The van der Waals surface area contributed by atoms with E-state index in [4.69, 9.17) is 23.2 Å². The highest BCUT2D eigenvalue weighted by Crippen LogP contribution is 2.37. The molecule has 8 nitrogen and oxygen atoms in total. The number of fused-ring (bicyclic) bond motifs is 6. The molecule has 0 aliphatic carbocycles. The lowest BCUT2D eigenvalue weighted by atomic mass is 10.1. The zero-order valence-electron chi connectivity index (χ0n) is 16.9. The van der Waals surface area contributed by atoms with Crippen molar-refractivity contribution in [3.63, 3.8) is 0 Å². The molecule has 1 N–H and O–H groups in total. The van der Waals surface area contributed by atoms with E-state index in [9.17, 15) is 8.42 Å². The van der Waals surface area contributed by atoms with Gasteiger partial charge in [0, 0.05) is 29.4 Å². The Bertz CT molecular complexity index is 1440. The molecule has 0 saturated carbocycles. The highest BCUT2D eigenvalue weighted by Gasteiger charge is 2.27. The number of thiophene rings is 2. The van der Waals surface area contributed by atoms with Crippen LogP contribution in [0.15, 0.2) is 12.7 Å². The normalized spacial score (nSPS) is 16.5. The van der Waals surface area contributed by atoms with E-state index in [1.807, 2.05) is 0 Å².